The first-order valence-electron chi connectivity index (χ1n) is 11.5. The maximum absolute atomic E-state index is 9.45. The molecule has 0 radical (unpaired) electrons. The minimum Gasteiger partial charge on any atom is -0.287 e. The number of anilines is 1. The Labute approximate surface area is 199 Å². The number of rotatable bonds is 7. The highest BCUT2D eigenvalue weighted by molar-refractivity contribution is 6.25. The van der Waals surface area contributed by atoms with Gasteiger partial charge >= 0.3 is 0 Å². The summed E-state index contributed by atoms with van der Waals surface area (Å²) in [4.78, 5) is 1.79. The molecule has 0 aliphatic carbocycles. The highest BCUT2D eigenvalue weighted by Crippen LogP contribution is 2.37. The third kappa shape index (κ3) is 5.87. The van der Waals surface area contributed by atoms with E-state index in [-0.39, 0.29) is 23.6 Å². The highest BCUT2D eigenvalue weighted by Gasteiger charge is 2.28. The maximum Gasteiger partial charge on any atom is 0.138 e. The molecule has 0 aliphatic heterocycles. The van der Waals surface area contributed by atoms with E-state index < -0.39 is 0 Å². The average Bonchev–Trinajstić information content (AvgIpc) is 2.79. The fourth-order valence-corrected chi connectivity index (χ4v) is 3.83. The van der Waals surface area contributed by atoms with Gasteiger partial charge in [0.15, 0.2) is 0 Å². The lowest BCUT2D eigenvalue weighted by molar-refractivity contribution is 0.829. The van der Waals surface area contributed by atoms with Crippen LogP contribution in [-0.4, -0.2) is 11.7 Å². The lowest BCUT2D eigenvalue weighted by Gasteiger charge is -2.34. The van der Waals surface area contributed by atoms with Crippen LogP contribution in [0.5, 0.6) is 0 Å². The summed E-state index contributed by atoms with van der Waals surface area (Å²) in [6.07, 6.45) is 7.82. The molecule has 2 aromatic rings. The van der Waals surface area contributed by atoms with Crippen molar-refractivity contribution in [2.75, 3.05) is 4.90 Å². The monoisotopic (exact) mass is 440 g/mol. The molecule has 0 saturated heterocycles. The van der Waals surface area contributed by atoms with Gasteiger partial charge in [-0.15, -0.1) is 0 Å². The zero-order valence-corrected chi connectivity index (χ0v) is 20.9. The van der Waals surface area contributed by atoms with Crippen LogP contribution in [0.4, 0.5) is 5.69 Å². The number of nitriles is 1. The molecule has 0 fully saturated rings. The number of nitrogens with one attached hydrogen (secondary N) is 2. The zero-order valence-electron chi connectivity index (χ0n) is 20.9. The highest BCUT2D eigenvalue weighted by atomic mass is 15.2. The molecular weight excluding hydrogens is 404 g/mol. The first kappa shape index (κ1) is 25.8. The molecule has 2 rings (SSSR count). The third-order valence-electron chi connectivity index (χ3n) is 5.79. The van der Waals surface area contributed by atoms with E-state index in [1.165, 1.54) is 0 Å². The van der Waals surface area contributed by atoms with E-state index in [0.717, 1.165) is 22.4 Å². The number of hydrogen-bond acceptors (Lipinski definition) is 3. The van der Waals surface area contributed by atoms with Crippen LogP contribution in [0.3, 0.4) is 0 Å². The lowest BCUT2D eigenvalue weighted by atomic mass is 9.90. The lowest BCUT2D eigenvalue weighted by Crippen LogP contribution is -2.41. The molecule has 0 bridgehead atoms. The second kappa shape index (κ2) is 11.4. The van der Waals surface area contributed by atoms with Gasteiger partial charge in [-0.25, -0.2) is 0 Å². The summed E-state index contributed by atoms with van der Waals surface area (Å²) in [6.45, 7) is 14.5. The first-order chi connectivity index (χ1) is 15.6. The van der Waals surface area contributed by atoms with Crippen molar-refractivity contribution < 1.29 is 0 Å². The van der Waals surface area contributed by atoms with Gasteiger partial charge in [0.2, 0.25) is 0 Å². The molecule has 4 heteroatoms. The summed E-state index contributed by atoms with van der Waals surface area (Å²) < 4.78 is 0. The molecule has 1 atom stereocenters. The molecule has 1 unspecified atom stereocenters. The van der Waals surface area contributed by atoms with Gasteiger partial charge in [0.25, 0.3) is 0 Å². The van der Waals surface area contributed by atoms with E-state index in [4.69, 9.17) is 0 Å². The van der Waals surface area contributed by atoms with Gasteiger partial charge in [0.05, 0.1) is 17.3 Å². The Balaban J connectivity index is 2.82. The van der Waals surface area contributed by atoms with Crippen molar-refractivity contribution in [3.8, 4) is 6.07 Å². The molecule has 2 N–H and O–H groups in total. The molecule has 2 aromatic carbocycles. The number of para-hydroxylation sites is 1. The van der Waals surface area contributed by atoms with Crippen LogP contribution in [-0.2, 0) is 0 Å². The predicted molar refractivity (Wildman–Crippen MR) is 141 cm³/mol. The molecule has 33 heavy (non-hydrogen) atoms. The maximum atomic E-state index is 9.45. The molecule has 0 aliphatic rings. The topological polar surface area (TPSA) is 74.7 Å². The number of nitrogens with zero attached hydrogens (tertiary/aromatic N) is 2. The first-order valence-corrected chi connectivity index (χ1v) is 11.5. The summed E-state index contributed by atoms with van der Waals surface area (Å²) in [5.74, 6) is 0.791. The SMILES string of the molecule is C/C=C\C=C/C(C)C(=N)N(C(=N)c1cc(C#N)ccc1C)c1c(C(C)C)cccc1C(C)C. The van der Waals surface area contributed by atoms with Crippen molar-refractivity contribution >= 4 is 17.4 Å². The summed E-state index contributed by atoms with van der Waals surface area (Å²) in [5, 5.41) is 27.9. The van der Waals surface area contributed by atoms with Gasteiger partial charge in [-0.1, -0.05) is 83.2 Å². The second-order valence-corrected chi connectivity index (χ2v) is 9.00. The number of hydrogen-bond donors (Lipinski definition) is 2. The van der Waals surface area contributed by atoms with Gasteiger partial charge in [0, 0.05) is 11.5 Å². The quantitative estimate of drug-likeness (QED) is 0.263. The molecular formula is C29H36N4. The number of benzene rings is 2. The van der Waals surface area contributed by atoms with Crippen LogP contribution in [0.25, 0.3) is 0 Å². The van der Waals surface area contributed by atoms with E-state index in [2.05, 4.69) is 52.0 Å². The summed E-state index contributed by atoms with van der Waals surface area (Å²) in [7, 11) is 0. The molecule has 172 valence electrons. The third-order valence-corrected chi connectivity index (χ3v) is 5.79. The minimum absolute atomic E-state index is 0.207. The van der Waals surface area contributed by atoms with E-state index in [9.17, 15) is 16.1 Å². The van der Waals surface area contributed by atoms with Crippen molar-refractivity contribution in [3.63, 3.8) is 0 Å². The van der Waals surface area contributed by atoms with Crippen LogP contribution < -0.4 is 4.90 Å². The molecule has 0 spiro atoms. The normalized spacial score (nSPS) is 12.5. The van der Waals surface area contributed by atoms with Gasteiger partial charge in [-0.2, -0.15) is 5.26 Å². The van der Waals surface area contributed by atoms with Gasteiger partial charge in [0.1, 0.15) is 11.7 Å². The summed E-state index contributed by atoms with van der Waals surface area (Å²) in [6, 6.07) is 13.8. The number of aryl methyl sites for hydroxylation is 1. The van der Waals surface area contributed by atoms with Crippen molar-refractivity contribution in [2.45, 2.75) is 60.3 Å². The average molecular weight is 441 g/mol. The van der Waals surface area contributed by atoms with Crippen LogP contribution in [0.2, 0.25) is 0 Å². The Bertz CT molecular complexity index is 1090. The predicted octanol–water partition coefficient (Wildman–Crippen LogP) is 7.69. The summed E-state index contributed by atoms with van der Waals surface area (Å²) >= 11 is 0. The van der Waals surface area contributed by atoms with Crippen LogP contribution in [0, 0.1) is 35.0 Å². The van der Waals surface area contributed by atoms with Crippen LogP contribution in [0.1, 0.15) is 81.2 Å². The molecule has 0 saturated carbocycles. The largest absolute Gasteiger partial charge is 0.287 e. The Morgan fingerprint density at radius 2 is 1.58 bits per heavy atom. The summed E-state index contributed by atoms with van der Waals surface area (Å²) in [5.41, 5.74) is 5.20. The minimum atomic E-state index is -0.207. The Morgan fingerprint density at radius 3 is 2.09 bits per heavy atom. The Morgan fingerprint density at radius 1 is 0.970 bits per heavy atom. The molecule has 0 heterocycles. The molecule has 4 nitrogen and oxygen atoms in total. The standard InChI is InChI=1S/C29H36N4/c1-8-9-10-12-22(7)28(31)33(29(32)26-17-23(18-30)16-15-21(26)6)27-24(19(2)3)13-11-14-25(27)20(4)5/h8-17,19-20,22,31-32H,1-7H3/b9-8-,12-10-,31-28?,32-29?. The van der Waals surface area contributed by atoms with E-state index >= 15 is 0 Å². The van der Waals surface area contributed by atoms with Crippen molar-refractivity contribution in [1.82, 2.24) is 0 Å². The smallest absolute Gasteiger partial charge is 0.138 e. The van der Waals surface area contributed by atoms with Crippen LogP contribution in [0.15, 0.2) is 60.7 Å². The Kier molecular flexibility index (Phi) is 8.94. The van der Waals surface area contributed by atoms with E-state index in [1.807, 2.05) is 51.1 Å². The number of allylic oxidation sites excluding steroid dienone is 3. The van der Waals surface area contributed by atoms with Crippen LogP contribution >= 0.6 is 0 Å². The fourth-order valence-electron chi connectivity index (χ4n) is 3.83. The molecule has 0 aromatic heterocycles. The van der Waals surface area contributed by atoms with E-state index in [1.54, 1.807) is 17.0 Å². The van der Waals surface area contributed by atoms with Crippen molar-refractivity contribution in [1.29, 1.82) is 16.1 Å². The van der Waals surface area contributed by atoms with E-state index in [0.29, 0.717) is 17.0 Å². The zero-order chi connectivity index (χ0) is 24.7. The van der Waals surface area contributed by atoms with Crippen molar-refractivity contribution in [3.05, 3.63) is 88.5 Å². The number of amidine groups is 2. The van der Waals surface area contributed by atoms with Gasteiger partial charge in [-0.3, -0.25) is 15.7 Å². The fraction of sp³-hybridized carbons (Fsp3) is 0.345. The van der Waals surface area contributed by atoms with Gasteiger partial charge < -0.3 is 0 Å². The van der Waals surface area contributed by atoms with Crippen molar-refractivity contribution in [2.24, 2.45) is 5.92 Å². The second-order valence-electron chi connectivity index (χ2n) is 9.00. The Hall–Kier alpha value is -3.45. The molecule has 0 amide bonds. The van der Waals surface area contributed by atoms with Gasteiger partial charge in [-0.05, 0) is 54.5 Å².